The molecule has 2 aliphatic heterocycles. The van der Waals surface area contributed by atoms with E-state index in [0.717, 1.165) is 31.7 Å². The molecule has 0 radical (unpaired) electrons. The zero-order valence-electron chi connectivity index (χ0n) is 14.8. The molecule has 1 aromatic heterocycles. The van der Waals surface area contributed by atoms with Gasteiger partial charge in [-0.25, -0.2) is 4.68 Å². The van der Waals surface area contributed by atoms with E-state index in [4.69, 9.17) is 4.74 Å². The van der Waals surface area contributed by atoms with Gasteiger partial charge in [-0.05, 0) is 45.9 Å². The van der Waals surface area contributed by atoms with Crippen LogP contribution in [0.4, 0.5) is 5.69 Å². The Bertz CT molecular complexity index is 583. The van der Waals surface area contributed by atoms with Gasteiger partial charge < -0.3 is 19.9 Å². The fourth-order valence-electron chi connectivity index (χ4n) is 3.42. The minimum absolute atomic E-state index is 0.0699. The fourth-order valence-corrected chi connectivity index (χ4v) is 3.42. The Labute approximate surface area is 143 Å². The van der Waals surface area contributed by atoms with Crippen molar-refractivity contribution in [2.75, 3.05) is 51.3 Å². The van der Waals surface area contributed by atoms with Gasteiger partial charge in [-0.1, -0.05) is 0 Å². The van der Waals surface area contributed by atoms with Gasteiger partial charge in [0, 0.05) is 32.2 Å². The van der Waals surface area contributed by atoms with Gasteiger partial charge in [-0.3, -0.25) is 4.79 Å². The third-order valence-corrected chi connectivity index (χ3v) is 5.08. The van der Waals surface area contributed by atoms with E-state index >= 15 is 0 Å². The topological polar surface area (TPSA) is 62.6 Å². The standard InChI is InChI=1S/C17H29N5O2/c1-20-7-4-14(5-8-20)18-6-3-16-13-22(9-10-24-16)15-11-17(23)21(2)19-12-15/h11-12,14,16,18H,3-10,13H2,1-2H3/t16-/m1/s1. The molecule has 0 unspecified atom stereocenters. The van der Waals surface area contributed by atoms with Crippen LogP contribution >= 0.6 is 0 Å². The van der Waals surface area contributed by atoms with E-state index in [-0.39, 0.29) is 11.7 Å². The number of likely N-dealkylation sites (tertiary alicyclic amines) is 1. The summed E-state index contributed by atoms with van der Waals surface area (Å²) in [5, 5.41) is 7.78. The number of aromatic nitrogens is 2. The van der Waals surface area contributed by atoms with Crippen molar-refractivity contribution in [1.29, 1.82) is 0 Å². The van der Waals surface area contributed by atoms with E-state index in [9.17, 15) is 4.79 Å². The van der Waals surface area contributed by atoms with E-state index in [1.807, 2.05) is 0 Å². The second-order valence-electron chi connectivity index (χ2n) is 6.93. The summed E-state index contributed by atoms with van der Waals surface area (Å²) < 4.78 is 7.25. The normalized spacial score (nSPS) is 23.6. The molecule has 0 aromatic carbocycles. The van der Waals surface area contributed by atoms with Gasteiger partial charge in [0.2, 0.25) is 0 Å². The molecule has 1 N–H and O–H groups in total. The first kappa shape index (κ1) is 17.4. The van der Waals surface area contributed by atoms with Gasteiger partial charge in [0.15, 0.2) is 0 Å². The molecule has 1 atom stereocenters. The van der Waals surface area contributed by atoms with Crippen molar-refractivity contribution in [2.24, 2.45) is 7.05 Å². The molecule has 0 spiro atoms. The lowest BCUT2D eigenvalue weighted by Gasteiger charge is -2.35. The molecule has 0 aliphatic carbocycles. The molecule has 2 aliphatic rings. The average molecular weight is 335 g/mol. The van der Waals surface area contributed by atoms with E-state index in [2.05, 4.69) is 27.3 Å². The number of nitrogens with zero attached hydrogens (tertiary/aromatic N) is 4. The van der Waals surface area contributed by atoms with E-state index < -0.39 is 0 Å². The van der Waals surface area contributed by atoms with E-state index in [1.165, 1.54) is 30.6 Å². The summed E-state index contributed by atoms with van der Waals surface area (Å²) in [5.74, 6) is 0. The number of aryl methyl sites for hydroxylation is 1. The maximum Gasteiger partial charge on any atom is 0.268 e. The lowest BCUT2D eigenvalue weighted by atomic mass is 10.1. The van der Waals surface area contributed by atoms with Crippen molar-refractivity contribution in [3.05, 3.63) is 22.6 Å². The summed E-state index contributed by atoms with van der Waals surface area (Å²) in [4.78, 5) is 16.4. The van der Waals surface area contributed by atoms with Gasteiger partial charge in [0.25, 0.3) is 5.56 Å². The molecule has 2 fully saturated rings. The van der Waals surface area contributed by atoms with Crippen molar-refractivity contribution < 1.29 is 4.74 Å². The molecular weight excluding hydrogens is 306 g/mol. The van der Waals surface area contributed by atoms with Gasteiger partial charge in [-0.2, -0.15) is 5.10 Å². The SMILES string of the molecule is CN1CCC(NCC[C@@H]2CN(c3cnn(C)c(=O)c3)CCO2)CC1. The predicted octanol–water partition coefficient (Wildman–Crippen LogP) is 0.0594. The number of morpholine rings is 1. The molecule has 0 amide bonds. The molecule has 3 heterocycles. The Balaban J connectivity index is 1.45. The highest BCUT2D eigenvalue weighted by atomic mass is 16.5. The second-order valence-corrected chi connectivity index (χ2v) is 6.93. The van der Waals surface area contributed by atoms with E-state index in [0.29, 0.717) is 12.6 Å². The van der Waals surface area contributed by atoms with Crippen molar-refractivity contribution in [2.45, 2.75) is 31.4 Å². The van der Waals surface area contributed by atoms with E-state index in [1.54, 1.807) is 19.3 Å². The average Bonchev–Trinajstić information content (AvgIpc) is 2.59. The Kier molecular flexibility index (Phi) is 5.86. The Morgan fingerprint density at radius 2 is 2.08 bits per heavy atom. The molecule has 2 saturated heterocycles. The summed E-state index contributed by atoms with van der Waals surface area (Å²) in [7, 11) is 3.86. The quantitative estimate of drug-likeness (QED) is 0.821. The van der Waals surface area contributed by atoms with Gasteiger partial charge in [0.05, 0.1) is 24.6 Å². The van der Waals surface area contributed by atoms with Gasteiger partial charge in [0.1, 0.15) is 0 Å². The van der Waals surface area contributed by atoms with Crippen molar-refractivity contribution in [3.8, 4) is 0 Å². The van der Waals surface area contributed by atoms with Crippen LogP contribution in [-0.2, 0) is 11.8 Å². The van der Waals surface area contributed by atoms with Crippen LogP contribution in [0, 0.1) is 0 Å². The number of hydrogen-bond donors (Lipinski definition) is 1. The molecule has 7 heteroatoms. The van der Waals surface area contributed by atoms with Crippen LogP contribution in [0.2, 0.25) is 0 Å². The van der Waals surface area contributed by atoms with Crippen LogP contribution in [0.15, 0.2) is 17.1 Å². The second kappa shape index (κ2) is 8.09. The number of piperidine rings is 1. The fraction of sp³-hybridized carbons (Fsp3) is 0.765. The van der Waals surface area contributed by atoms with Gasteiger partial charge in [-0.15, -0.1) is 0 Å². The zero-order chi connectivity index (χ0) is 16.9. The van der Waals surface area contributed by atoms with Crippen molar-refractivity contribution >= 4 is 5.69 Å². The highest BCUT2D eigenvalue weighted by Crippen LogP contribution is 2.16. The first-order valence-corrected chi connectivity index (χ1v) is 8.93. The third kappa shape index (κ3) is 4.55. The lowest BCUT2D eigenvalue weighted by Crippen LogP contribution is -2.45. The summed E-state index contributed by atoms with van der Waals surface area (Å²) >= 11 is 0. The monoisotopic (exact) mass is 335 g/mol. The van der Waals surface area contributed by atoms with Crippen LogP contribution in [0.25, 0.3) is 0 Å². The largest absolute Gasteiger partial charge is 0.374 e. The minimum Gasteiger partial charge on any atom is -0.374 e. The number of rotatable bonds is 5. The smallest absolute Gasteiger partial charge is 0.268 e. The van der Waals surface area contributed by atoms with Crippen molar-refractivity contribution in [1.82, 2.24) is 20.0 Å². The Hall–Kier alpha value is -1.44. The van der Waals surface area contributed by atoms with Crippen LogP contribution in [0.3, 0.4) is 0 Å². The van der Waals surface area contributed by atoms with Crippen LogP contribution in [-0.4, -0.2) is 73.2 Å². The molecule has 7 nitrogen and oxygen atoms in total. The minimum atomic E-state index is -0.0699. The first-order valence-electron chi connectivity index (χ1n) is 8.93. The zero-order valence-corrected chi connectivity index (χ0v) is 14.8. The molecule has 3 rings (SSSR count). The first-order chi connectivity index (χ1) is 11.6. The maximum absolute atomic E-state index is 11.8. The summed E-state index contributed by atoms with van der Waals surface area (Å²) in [6, 6.07) is 2.30. The molecule has 0 bridgehead atoms. The van der Waals surface area contributed by atoms with Crippen LogP contribution in [0.5, 0.6) is 0 Å². The molecule has 1 aromatic rings. The Morgan fingerprint density at radius 1 is 1.29 bits per heavy atom. The molecule has 24 heavy (non-hydrogen) atoms. The summed E-state index contributed by atoms with van der Waals surface area (Å²) in [6.45, 7) is 5.69. The summed E-state index contributed by atoms with van der Waals surface area (Å²) in [6.07, 6.45) is 5.43. The Morgan fingerprint density at radius 3 is 2.83 bits per heavy atom. The maximum atomic E-state index is 11.8. The van der Waals surface area contributed by atoms with Crippen LogP contribution in [0.1, 0.15) is 19.3 Å². The number of anilines is 1. The van der Waals surface area contributed by atoms with Crippen LogP contribution < -0.4 is 15.8 Å². The third-order valence-electron chi connectivity index (χ3n) is 5.08. The highest BCUT2D eigenvalue weighted by Gasteiger charge is 2.22. The molecular formula is C17H29N5O2. The number of hydrogen-bond acceptors (Lipinski definition) is 6. The predicted molar refractivity (Wildman–Crippen MR) is 94.6 cm³/mol. The van der Waals surface area contributed by atoms with Crippen molar-refractivity contribution in [3.63, 3.8) is 0 Å². The number of nitrogens with one attached hydrogen (secondary N) is 1. The summed E-state index contributed by atoms with van der Waals surface area (Å²) in [5.41, 5.74) is 0.828. The molecule has 134 valence electrons. The highest BCUT2D eigenvalue weighted by molar-refractivity contribution is 5.43. The lowest BCUT2D eigenvalue weighted by molar-refractivity contribution is 0.0346. The number of ether oxygens (including phenoxy) is 1. The molecule has 0 saturated carbocycles. The van der Waals surface area contributed by atoms with Gasteiger partial charge >= 0.3 is 0 Å².